The van der Waals surface area contributed by atoms with Gasteiger partial charge in [-0.15, -0.1) is 0 Å². The van der Waals surface area contributed by atoms with Crippen LogP contribution in [-0.2, 0) is 20.2 Å². The van der Waals surface area contributed by atoms with Gasteiger partial charge in [0.25, 0.3) is 0 Å². The summed E-state index contributed by atoms with van der Waals surface area (Å²) < 4.78 is 33.1. The molecule has 0 saturated heterocycles. The lowest BCUT2D eigenvalue weighted by Crippen LogP contribution is -2.17. The van der Waals surface area contributed by atoms with Gasteiger partial charge in [-0.1, -0.05) is 45.0 Å². The Kier molecular flexibility index (Phi) is 6.26. The number of ether oxygens (including phenoxy) is 2. The second-order valence-electron chi connectivity index (χ2n) is 7.23. The summed E-state index contributed by atoms with van der Waals surface area (Å²) in [6.45, 7) is 5.70. The van der Waals surface area contributed by atoms with Crippen LogP contribution in [0, 0.1) is 0 Å². The maximum atomic E-state index is 12.3. The highest BCUT2D eigenvalue weighted by Gasteiger charge is 2.20. The minimum absolute atomic E-state index is 0.0427. The van der Waals surface area contributed by atoms with Gasteiger partial charge in [-0.3, -0.25) is 4.79 Å². The van der Waals surface area contributed by atoms with E-state index in [1.807, 2.05) is 12.1 Å². The van der Waals surface area contributed by atoms with E-state index in [0.29, 0.717) is 5.56 Å². The Morgan fingerprint density at radius 2 is 1.64 bits per heavy atom. The van der Waals surface area contributed by atoms with Gasteiger partial charge in [0.05, 0.1) is 12.0 Å². The highest BCUT2D eigenvalue weighted by molar-refractivity contribution is 7.89. The zero-order chi connectivity index (χ0) is 21.1. The molecular weight excluding hydrogens is 382 g/mol. The number of rotatable bonds is 6. The fourth-order valence-corrected chi connectivity index (χ4v) is 3.01. The van der Waals surface area contributed by atoms with Gasteiger partial charge in [0.2, 0.25) is 10.0 Å². The van der Waals surface area contributed by atoms with Crippen LogP contribution in [0.5, 0.6) is 5.75 Å². The van der Waals surface area contributed by atoms with Crippen LogP contribution in [0.2, 0.25) is 0 Å². The zero-order valence-corrected chi connectivity index (χ0v) is 17.0. The Balaban J connectivity index is 2.14. The Morgan fingerprint density at radius 1 is 1.04 bits per heavy atom. The van der Waals surface area contributed by atoms with Gasteiger partial charge >= 0.3 is 5.97 Å². The number of Topliss-reactive ketones (excluding diaryl/α,β-unsaturated/α-hetero) is 1. The molecule has 7 nitrogen and oxygen atoms in total. The molecule has 0 saturated carbocycles. The molecule has 0 aliphatic rings. The number of methoxy groups -OCH3 is 1. The number of carbonyl (C=O) groups is 2. The van der Waals surface area contributed by atoms with Crippen LogP contribution in [0.15, 0.2) is 47.4 Å². The van der Waals surface area contributed by atoms with E-state index in [-0.39, 0.29) is 27.4 Å². The van der Waals surface area contributed by atoms with Crippen molar-refractivity contribution in [2.24, 2.45) is 5.14 Å². The van der Waals surface area contributed by atoms with E-state index in [1.54, 1.807) is 12.1 Å². The molecule has 2 N–H and O–H groups in total. The summed E-state index contributed by atoms with van der Waals surface area (Å²) in [4.78, 5) is 24.4. The Bertz CT molecular complexity index is 988. The lowest BCUT2D eigenvalue weighted by atomic mass is 9.86. The maximum absolute atomic E-state index is 12.3. The lowest BCUT2D eigenvalue weighted by Gasteiger charge is -2.19. The van der Waals surface area contributed by atoms with Crippen molar-refractivity contribution in [1.29, 1.82) is 0 Å². The highest BCUT2D eigenvalue weighted by Crippen LogP contribution is 2.24. The molecule has 2 rings (SSSR count). The van der Waals surface area contributed by atoms with Gasteiger partial charge in [-0.2, -0.15) is 0 Å². The topological polar surface area (TPSA) is 113 Å². The van der Waals surface area contributed by atoms with E-state index in [9.17, 15) is 18.0 Å². The molecule has 0 unspecified atom stereocenters. The van der Waals surface area contributed by atoms with E-state index in [4.69, 9.17) is 14.6 Å². The Morgan fingerprint density at radius 3 is 2.14 bits per heavy atom. The van der Waals surface area contributed by atoms with Crippen molar-refractivity contribution in [3.63, 3.8) is 0 Å². The summed E-state index contributed by atoms with van der Waals surface area (Å²) in [7, 11) is -2.68. The van der Waals surface area contributed by atoms with E-state index in [0.717, 1.165) is 11.6 Å². The van der Waals surface area contributed by atoms with Crippen molar-refractivity contribution in [3.05, 3.63) is 59.2 Å². The van der Waals surface area contributed by atoms with E-state index in [1.165, 1.54) is 19.2 Å². The SMILES string of the molecule is COc1ccc(S(N)(=O)=O)cc1C(=O)OCC(=O)c1ccc(C(C)(C)C)cc1. The van der Waals surface area contributed by atoms with Crippen LogP contribution < -0.4 is 9.88 Å². The average molecular weight is 405 g/mol. The largest absolute Gasteiger partial charge is 0.496 e. The summed E-state index contributed by atoms with van der Waals surface area (Å²) in [6.07, 6.45) is 0. The van der Waals surface area contributed by atoms with Crippen LogP contribution in [-0.4, -0.2) is 33.9 Å². The van der Waals surface area contributed by atoms with Gasteiger partial charge in [0.15, 0.2) is 12.4 Å². The molecule has 0 heterocycles. The van der Waals surface area contributed by atoms with E-state index in [2.05, 4.69) is 20.8 Å². The number of sulfonamides is 1. The summed E-state index contributed by atoms with van der Waals surface area (Å²) in [5.74, 6) is -1.16. The summed E-state index contributed by atoms with van der Waals surface area (Å²) in [5.41, 5.74) is 1.31. The van der Waals surface area contributed by atoms with Crippen molar-refractivity contribution < 1.29 is 27.5 Å². The number of carbonyl (C=O) groups excluding carboxylic acids is 2. The van der Waals surface area contributed by atoms with Crippen molar-refractivity contribution in [3.8, 4) is 5.75 Å². The predicted octanol–water partition coefficient (Wildman–Crippen LogP) is 2.68. The zero-order valence-electron chi connectivity index (χ0n) is 16.2. The molecule has 0 aliphatic carbocycles. The van der Waals surface area contributed by atoms with Crippen LogP contribution in [0.25, 0.3) is 0 Å². The third-order valence-electron chi connectivity index (χ3n) is 4.13. The van der Waals surface area contributed by atoms with Crippen molar-refractivity contribution in [2.45, 2.75) is 31.1 Å². The average Bonchev–Trinajstić information content (AvgIpc) is 2.63. The smallest absolute Gasteiger partial charge is 0.342 e. The molecule has 0 atom stereocenters. The first kappa shape index (κ1) is 21.6. The minimum atomic E-state index is -4.00. The third-order valence-corrected chi connectivity index (χ3v) is 5.04. The third kappa shape index (κ3) is 5.17. The molecule has 8 heteroatoms. The number of hydrogen-bond donors (Lipinski definition) is 1. The first-order chi connectivity index (χ1) is 12.9. The molecule has 0 spiro atoms. The molecule has 2 aromatic rings. The predicted molar refractivity (Wildman–Crippen MR) is 104 cm³/mol. The van der Waals surface area contributed by atoms with Crippen LogP contribution >= 0.6 is 0 Å². The summed E-state index contributed by atoms with van der Waals surface area (Å²) in [5, 5.41) is 5.08. The molecule has 150 valence electrons. The van der Waals surface area contributed by atoms with E-state index < -0.39 is 22.6 Å². The normalized spacial score (nSPS) is 11.8. The molecular formula is C20H23NO6S. The molecule has 0 aliphatic heterocycles. The molecule has 0 amide bonds. The van der Waals surface area contributed by atoms with Crippen molar-refractivity contribution in [2.75, 3.05) is 13.7 Å². The highest BCUT2D eigenvalue weighted by atomic mass is 32.2. The van der Waals surface area contributed by atoms with Crippen LogP contribution in [0.4, 0.5) is 0 Å². The van der Waals surface area contributed by atoms with Gasteiger partial charge in [-0.25, -0.2) is 18.4 Å². The molecule has 0 bridgehead atoms. The number of ketones is 1. The number of nitrogens with two attached hydrogens (primary N) is 1. The second-order valence-corrected chi connectivity index (χ2v) is 8.80. The number of primary sulfonamides is 1. The second kappa shape index (κ2) is 8.12. The monoisotopic (exact) mass is 405 g/mol. The number of benzene rings is 2. The van der Waals surface area contributed by atoms with Crippen LogP contribution in [0.3, 0.4) is 0 Å². The molecule has 0 fully saturated rings. The Hall–Kier alpha value is -2.71. The summed E-state index contributed by atoms with van der Waals surface area (Å²) >= 11 is 0. The first-order valence-corrected chi connectivity index (χ1v) is 10.00. The molecule has 28 heavy (non-hydrogen) atoms. The molecule has 0 aromatic heterocycles. The van der Waals surface area contributed by atoms with Gasteiger partial charge in [-0.05, 0) is 29.2 Å². The van der Waals surface area contributed by atoms with Crippen molar-refractivity contribution >= 4 is 21.8 Å². The van der Waals surface area contributed by atoms with Gasteiger partial charge in [0, 0.05) is 5.56 Å². The number of hydrogen-bond acceptors (Lipinski definition) is 6. The van der Waals surface area contributed by atoms with Crippen LogP contribution in [0.1, 0.15) is 47.1 Å². The van der Waals surface area contributed by atoms with Gasteiger partial charge in [0.1, 0.15) is 11.3 Å². The first-order valence-electron chi connectivity index (χ1n) is 8.45. The minimum Gasteiger partial charge on any atom is -0.496 e. The summed E-state index contributed by atoms with van der Waals surface area (Å²) in [6, 6.07) is 10.6. The quantitative estimate of drug-likeness (QED) is 0.584. The fraction of sp³-hybridized carbons (Fsp3) is 0.300. The van der Waals surface area contributed by atoms with Crippen molar-refractivity contribution in [1.82, 2.24) is 0 Å². The standard InChI is InChI=1S/C20H23NO6S/c1-20(2,3)14-7-5-13(6-8-14)17(22)12-27-19(23)16-11-15(28(21,24)25)9-10-18(16)26-4/h5-11H,12H2,1-4H3,(H2,21,24,25). The maximum Gasteiger partial charge on any atom is 0.342 e. The Labute approximate surface area is 164 Å². The van der Waals surface area contributed by atoms with Gasteiger partial charge < -0.3 is 9.47 Å². The number of esters is 1. The molecule has 0 radical (unpaired) electrons. The van der Waals surface area contributed by atoms with E-state index >= 15 is 0 Å². The fourth-order valence-electron chi connectivity index (χ4n) is 2.47. The lowest BCUT2D eigenvalue weighted by molar-refractivity contribution is 0.0471. The molecule has 2 aromatic carbocycles.